The summed E-state index contributed by atoms with van der Waals surface area (Å²) in [5, 5.41) is 0. The molecule has 16 heavy (non-hydrogen) atoms. The van der Waals surface area contributed by atoms with Gasteiger partial charge in [0, 0.05) is 17.4 Å². The van der Waals surface area contributed by atoms with E-state index in [2.05, 4.69) is 54.9 Å². The average molecular weight is 283 g/mol. The van der Waals surface area contributed by atoms with Crippen LogP contribution < -0.4 is 0 Å². The van der Waals surface area contributed by atoms with Crippen molar-refractivity contribution in [3.63, 3.8) is 0 Å². The molecule has 1 fully saturated rings. The Balaban J connectivity index is 2.23. The third-order valence-corrected chi connectivity index (χ3v) is 4.71. The highest BCUT2D eigenvalue weighted by molar-refractivity contribution is 9.09. The molecule has 0 aromatic heterocycles. The van der Waals surface area contributed by atoms with Crippen LogP contribution in [0.1, 0.15) is 34.9 Å². The first kappa shape index (κ1) is 12.1. The first-order chi connectivity index (χ1) is 7.59. The fourth-order valence-electron chi connectivity index (χ4n) is 2.50. The van der Waals surface area contributed by atoms with Gasteiger partial charge in [-0.1, -0.05) is 39.7 Å². The molecule has 1 aromatic carbocycles. The maximum absolute atomic E-state index is 5.64. The summed E-state index contributed by atoms with van der Waals surface area (Å²) in [7, 11) is 0. The van der Waals surface area contributed by atoms with Gasteiger partial charge in [0.05, 0.1) is 6.10 Å². The number of aryl methyl sites for hydroxylation is 2. The molecule has 0 radical (unpaired) electrons. The van der Waals surface area contributed by atoms with Gasteiger partial charge in [0.2, 0.25) is 0 Å². The van der Waals surface area contributed by atoms with Gasteiger partial charge in [-0.15, -0.1) is 0 Å². The topological polar surface area (TPSA) is 9.23 Å². The van der Waals surface area contributed by atoms with Crippen LogP contribution in [-0.4, -0.2) is 12.7 Å². The number of halogens is 1. The van der Waals surface area contributed by atoms with Gasteiger partial charge in [-0.25, -0.2) is 0 Å². The largest absolute Gasteiger partial charge is 0.378 e. The quantitative estimate of drug-likeness (QED) is 0.740. The fraction of sp³-hybridized carbons (Fsp3) is 0.571. The molecule has 1 aromatic rings. The average Bonchev–Trinajstić information content (AvgIpc) is 2.63. The Hall–Kier alpha value is -0.340. The second-order valence-electron chi connectivity index (χ2n) is 4.79. The summed E-state index contributed by atoms with van der Waals surface area (Å²) in [5.74, 6) is 0.599. The number of hydrogen-bond donors (Lipinski definition) is 0. The Morgan fingerprint density at radius 1 is 1.38 bits per heavy atom. The Labute approximate surface area is 106 Å². The normalized spacial score (nSPS) is 27.0. The van der Waals surface area contributed by atoms with Gasteiger partial charge in [0.15, 0.2) is 0 Å². The van der Waals surface area contributed by atoms with E-state index < -0.39 is 0 Å². The summed E-state index contributed by atoms with van der Waals surface area (Å²) in [5.41, 5.74) is 4.12. The van der Waals surface area contributed by atoms with E-state index in [-0.39, 0.29) is 0 Å². The fourth-order valence-corrected chi connectivity index (χ4v) is 3.71. The van der Waals surface area contributed by atoms with E-state index in [0.29, 0.717) is 16.8 Å². The molecule has 1 aliphatic rings. The molecule has 1 heterocycles. The maximum atomic E-state index is 5.64. The van der Waals surface area contributed by atoms with Gasteiger partial charge < -0.3 is 4.74 Å². The molecule has 0 aliphatic carbocycles. The minimum absolute atomic E-state index is 0.366. The monoisotopic (exact) mass is 282 g/mol. The van der Waals surface area contributed by atoms with Crippen molar-refractivity contribution in [2.45, 2.75) is 38.1 Å². The SMILES string of the molecule is Cc1ccc(C(Br)C2CCOC2C)c(C)c1. The maximum Gasteiger partial charge on any atom is 0.0589 e. The molecule has 1 saturated heterocycles. The van der Waals surface area contributed by atoms with Crippen molar-refractivity contribution in [1.82, 2.24) is 0 Å². The minimum Gasteiger partial charge on any atom is -0.378 e. The van der Waals surface area contributed by atoms with Gasteiger partial charge in [-0.05, 0) is 38.3 Å². The van der Waals surface area contributed by atoms with Crippen LogP contribution in [0.3, 0.4) is 0 Å². The lowest BCUT2D eigenvalue weighted by Gasteiger charge is -2.22. The second kappa shape index (κ2) is 4.89. The lowest BCUT2D eigenvalue weighted by Crippen LogP contribution is -2.16. The van der Waals surface area contributed by atoms with Crippen LogP contribution in [0.4, 0.5) is 0 Å². The Bertz CT molecular complexity index is 375. The molecule has 2 rings (SSSR count). The first-order valence-electron chi connectivity index (χ1n) is 5.92. The molecule has 0 amide bonds. The summed E-state index contributed by atoms with van der Waals surface area (Å²) in [4.78, 5) is 0.422. The predicted octanol–water partition coefficient (Wildman–Crippen LogP) is 4.16. The summed E-state index contributed by atoms with van der Waals surface area (Å²) < 4.78 is 5.64. The van der Waals surface area contributed by atoms with E-state index >= 15 is 0 Å². The molecule has 1 nitrogen and oxygen atoms in total. The summed E-state index contributed by atoms with van der Waals surface area (Å²) in [6.45, 7) is 7.41. The van der Waals surface area contributed by atoms with E-state index in [9.17, 15) is 0 Å². The van der Waals surface area contributed by atoms with Gasteiger partial charge in [-0.3, -0.25) is 0 Å². The number of alkyl halides is 1. The molecule has 88 valence electrons. The van der Waals surface area contributed by atoms with Gasteiger partial charge in [0.25, 0.3) is 0 Å². The molecule has 3 unspecified atom stereocenters. The predicted molar refractivity (Wildman–Crippen MR) is 71.1 cm³/mol. The van der Waals surface area contributed by atoms with Crippen LogP contribution in [0.25, 0.3) is 0 Å². The zero-order valence-electron chi connectivity index (χ0n) is 10.2. The minimum atomic E-state index is 0.366. The van der Waals surface area contributed by atoms with Crippen molar-refractivity contribution in [2.75, 3.05) is 6.61 Å². The highest BCUT2D eigenvalue weighted by atomic mass is 79.9. The van der Waals surface area contributed by atoms with E-state index in [0.717, 1.165) is 13.0 Å². The molecular formula is C14H19BrO. The number of ether oxygens (including phenoxy) is 1. The van der Waals surface area contributed by atoms with Crippen molar-refractivity contribution >= 4 is 15.9 Å². The standard InChI is InChI=1S/C14H19BrO/c1-9-4-5-12(10(2)8-9)14(15)13-6-7-16-11(13)3/h4-5,8,11,13-14H,6-7H2,1-3H3. The van der Waals surface area contributed by atoms with Crippen molar-refractivity contribution in [1.29, 1.82) is 0 Å². The van der Waals surface area contributed by atoms with Crippen molar-refractivity contribution in [3.8, 4) is 0 Å². The molecular weight excluding hydrogens is 264 g/mol. The van der Waals surface area contributed by atoms with Crippen molar-refractivity contribution in [2.24, 2.45) is 5.92 Å². The zero-order valence-corrected chi connectivity index (χ0v) is 11.8. The van der Waals surface area contributed by atoms with E-state index in [1.807, 2.05) is 0 Å². The van der Waals surface area contributed by atoms with Crippen LogP contribution >= 0.6 is 15.9 Å². The van der Waals surface area contributed by atoms with Crippen molar-refractivity contribution in [3.05, 3.63) is 34.9 Å². The summed E-state index contributed by atoms with van der Waals surface area (Å²) >= 11 is 3.85. The third kappa shape index (κ3) is 2.33. The summed E-state index contributed by atoms with van der Waals surface area (Å²) in [6, 6.07) is 6.69. The first-order valence-corrected chi connectivity index (χ1v) is 6.84. The molecule has 1 aliphatic heterocycles. The molecule has 0 N–H and O–H groups in total. The lowest BCUT2D eigenvalue weighted by molar-refractivity contribution is 0.105. The molecule has 3 atom stereocenters. The van der Waals surface area contributed by atoms with Crippen LogP contribution in [0.15, 0.2) is 18.2 Å². The molecule has 0 spiro atoms. The van der Waals surface area contributed by atoms with Gasteiger partial charge in [0.1, 0.15) is 0 Å². The van der Waals surface area contributed by atoms with Gasteiger partial charge >= 0.3 is 0 Å². The lowest BCUT2D eigenvalue weighted by atomic mass is 9.91. The van der Waals surface area contributed by atoms with Gasteiger partial charge in [-0.2, -0.15) is 0 Å². The van der Waals surface area contributed by atoms with E-state index in [1.54, 1.807) is 0 Å². The molecule has 2 heteroatoms. The highest BCUT2D eigenvalue weighted by Crippen LogP contribution is 2.40. The Morgan fingerprint density at radius 3 is 2.69 bits per heavy atom. The summed E-state index contributed by atoms with van der Waals surface area (Å²) in [6.07, 6.45) is 1.52. The van der Waals surface area contributed by atoms with E-state index in [1.165, 1.54) is 16.7 Å². The second-order valence-corrected chi connectivity index (χ2v) is 5.78. The molecule has 0 bridgehead atoms. The Kier molecular flexibility index (Phi) is 3.70. The zero-order chi connectivity index (χ0) is 11.7. The van der Waals surface area contributed by atoms with Crippen LogP contribution in [0.5, 0.6) is 0 Å². The van der Waals surface area contributed by atoms with Crippen molar-refractivity contribution < 1.29 is 4.74 Å². The molecule has 0 saturated carbocycles. The van der Waals surface area contributed by atoms with Crippen LogP contribution in [0.2, 0.25) is 0 Å². The number of rotatable bonds is 2. The number of benzene rings is 1. The van der Waals surface area contributed by atoms with Crippen LogP contribution in [0, 0.1) is 19.8 Å². The third-order valence-electron chi connectivity index (χ3n) is 3.53. The smallest absolute Gasteiger partial charge is 0.0589 e. The van der Waals surface area contributed by atoms with E-state index in [4.69, 9.17) is 4.74 Å². The number of hydrogen-bond acceptors (Lipinski definition) is 1. The highest BCUT2D eigenvalue weighted by Gasteiger charge is 2.31. The van der Waals surface area contributed by atoms with Crippen LogP contribution in [-0.2, 0) is 4.74 Å². The Morgan fingerprint density at radius 2 is 2.12 bits per heavy atom.